The standard InChI is InChI=1S/C22H28N6O3/c1-15-19(20(25-31-15)16-7-5-4-6-8-16)21(29)23-17-9-10-18-24-28(14-13-26(2)3)22(30)27(18)12-11-17/h4-8,17H,9-14H2,1-3H3,(H,23,29). The number of carbonyl (C=O) groups is 1. The third-order valence-electron chi connectivity index (χ3n) is 5.65. The summed E-state index contributed by atoms with van der Waals surface area (Å²) >= 11 is 0. The Morgan fingerprint density at radius 1 is 1.26 bits per heavy atom. The summed E-state index contributed by atoms with van der Waals surface area (Å²) in [5.41, 5.74) is 1.76. The van der Waals surface area contributed by atoms with E-state index in [0.717, 1.165) is 24.4 Å². The van der Waals surface area contributed by atoms with Gasteiger partial charge < -0.3 is 14.7 Å². The molecule has 4 rings (SSSR count). The quantitative estimate of drug-likeness (QED) is 0.647. The average Bonchev–Trinajstić information content (AvgIpc) is 3.21. The molecule has 0 saturated carbocycles. The summed E-state index contributed by atoms with van der Waals surface area (Å²) in [7, 11) is 3.94. The van der Waals surface area contributed by atoms with E-state index in [1.165, 1.54) is 0 Å². The zero-order valence-corrected chi connectivity index (χ0v) is 18.2. The molecule has 1 aliphatic heterocycles. The largest absolute Gasteiger partial charge is 0.360 e. The molecule has 9 nitrogen and oxygen atoms in total. The Morgan fingerprint density at radius 2 is 2.03 bits per heavy atom. The second-order valence-corrected chi connectivity index (χ2v) is 8.20. The van der Waals surface area contributed by atoms with Crippen molar-refractivity contribution in [2.45, 2.75) is 45.3 Å². The zero-order chi connectivity index (χ0) is 22.0. The van der Waals surface area contributed by atoms with Crippen LogP contribution in [0.1, 0.15) is 34.8 Å². The van der Waals surface area contributed by atoms with Crippen molar-refractivity contribution in [3.63, 3.8) is 0 Å². The summed E-state index contributed by atoms with van der Waals surface area (Å²) in [6, 6.07) is 9.47. The Hall–Kier alpha value is -3.20. The zero-order valence-electron chi connectivity index (χ0n) is 18.2. The number of carbonyl (C=O) groups excluding carboxylic acids is 1. The number of aryl methyl sites for hydroxylation is 2. The van der Waals surface area contributed by atoms with Crippen molar-refractivity contribution < 1.29 is 9.32 Å². The van der Waals surface area contributed by atoms with Gasteiger partial charge >= 0.3 is 5.69 Å². The maximum Gasteiger partial charge on any atom is 0.345 e. The molecule has 0 bridgehead atoms. The fourth-order valence-electron chi connectivity index (χ4n) is 3.90. The molecule has 31 heavy (non-hydrogen) atoms. The predicted octanol–water partition coefficient (Wildman–Crippen LogP) is 1.70. The molecule has 0 radical (unpaired) electrons. The molecule has 1 amide bonds. The van der Waals surface area contributed by atoms with Gasteiger partial charge in [0.15, 0.2) is 0 Å². The van der Waals surface area contributed by atoms with Crippen LogP contribution in [0, 0.1) is 6.92 Å². The van der Waals surface area contributed by atoms with Crippen molar-refractivity contribution in [1.82, 2.24) is 29.7 Å². The number of amides is 1. The summed E-state index contributed by atoms with van der Waals surface area (Å²) < 4.78 is 8.60. The first-order valence-corrected chi connectivity index (χ1v) is 10.6. The van der Waals surface area contributed by atoms with Gasteiger partial charge in [0.1, 0.15) is 22.8 Å². The average molecular weight is 425 g/mol. The van der Waals surface area contributed by atoms with Crippen LogP contribution in [0.2, 0.25) is 0 Å². The van der Waals surface area contributed by atoms with Gasteiger partial charge in [-0.15, -0.1) is 0 Å². The smallest absolute Gasteiger partial charge is 0.345 e. The molecule has 1 unspecified atom stereocenters. The van der Waals surface area contributed by atoms with Crippen molar-refractivity contribution >= 4 is 5.91 Å². The first-order valence-electron chi connectivity index (χ1n) is 10.6. The highest BCUT2D eigenvalue weighted by molar-refractivity contribution is 6.00. The summed E-state index contributed by atoms with van der Waals surface area (Å²) in [5.74, 6) is 1.07. The normalized spacial score (nSPS) is 16.2. The molecule has 0 aliphatic carbocycles. The fraction of sp³-hybridized carbons (Fsp3) is 0.455. The summed E-state index contributed by atoms with van der Waals surface area (Å²) in [5, 5.41) is 11.7. The van der Waals surface area contributed by atoms with Gasteiger partial charge in [-0.1, -0.05) is 35.5 Å². The lowest BCUT2D eigenvalue weighted by Crippen LogP contribution is -2.36. The number of aromatic nitrogens is 4. The molecule has 1 atom stereocenters. The number of nitrogens with one attached hydrogen (secondary N) is 1. The Balaban J connectivity index is 1.45. The number of likely N-dealkylation sites (N-methyl/N-ethyl adjacent to an activating group) is 1. The van der Waals surface area contributed by atoms with Crippen LogP contribution < -0.4 is 11.0 Å². The Morgan fingerprint density at radius 3 is 2.77 bits per heavy atom. The molecule has 2 aromatic heterocycles. The first kappa shape index (κ1) is 21.0. The number of benzene rings is 1. The minimum absolute atomic E-state index is 0.0539. The van der Waals surface area contributed by atoms with Crippen molar-refractivity contribution in [3.05, 3.63) is 58.0 Å². The summed E-state index contributed by atoms with van der Waals surface area (Å²) in [6.07, 6.45) is 2.03. The monoisotopic (exact) mass is 424 g/mol. The van der Waals surface area contributed by atoms with Crippen LogP contribution in [0.4, 0.5) is 0 Å². The van der Waals surface area contributed by atoms with Crippen molar-refractivity contribution in [3.8, 4) is 11.3 Å². The molecule has 0 fully saturated rings. The minimum atomic E-state index is -0.203. The van der Waals surface area contributed by atoms with E-state index in [1.807, 2.05) is 49.3 Å². The first-order chi connectivity index (χ1) is 14.9. The second-order valence-electron chi connectivity index (χ2n) is 8.20. The Kier molecular flexibility index (Phi) is 6.03. The van der Waals surface area contributed by atoms with Crippen molar-refractivity contribution in [2.75, 3.05) is 20.6 Å². The molecule has 1 aliphatic rings. The highest BCUT2D eigenvalue weighted by atomic mass is 16.5. The summed E-state index contributed by atoms with van der Waals surface area (Å²) in [4.78, 5) is 27.8. The number of hydrogen-bond donors (Lipinski definition) is 1. The molecule has 3 aromatic rings. The maximum absolute atomic E-state index is 13.1. The molecule has 164 valence electrons. The maximum atomic E-state index is 13.1. The van der Waals surface area contributed by atoms with E-state index < -0.39 is 0 Å². The van der Waals surface area contributed by atoms with Crippen LogP contribution in [-0.4, -0.2) is 57.0 Å². The van der Waals surface area contributed by atoms with Gasteiger partial charge in [-0.2, -0.15) is 5.10 Å². The third kappa shape index (κ3) is 4.46. The highest BCUT2D eigenvalue weighted by Crippen LogP contribution is 2.25. The van der Waals surface area contributed by atoms with E-state index in [2.05, 4.69) is 15.6 Å². The molecule has 0 spiro atoms. The van der Waals surface area contributed by atoms with Crippen LogP contribution in [0.3, 0.4) is 0 Å². The van der Waals surface area contributed by atoms with Gasteiger partial charge in [0.05, 0.1) is 6.54 Å². The van der Waals surface area contributed by atoms with Crippen LogP contribution in [0.15, 0.2) is 39.6 Å². The van der Waals surface area contributed by atoms with Gasteiger partial charge in [-0.25, -0.2) is 9.48 Å². The molecule has 1 N–H and O–H groups in total. The Labute approximate surface area is 180 Å². The summed E-state index contributed by atoms with van der Waals surface area (Å²) in [6.45, 7) is 3.61. The van der Waals surface area contributed by atoms with Crippen LogP contribution in [-0.2, 0) is 19.5 Å². The number of fused-ring (bicyclic) bond motifs is 1. The lowest BCUT2D eigenvalue weighted by atomic mass is 10.0. The van der Waals surface area contributed by atoms with E-state index in [0.29, 0.717) is 42.9 Å². The van der Waals surface area contributed by atoms with Crippen molar-refractivity contribution in [2.24, 2.45) is 0 Å². The van der Waals surface area contributed by atoms with Gasteiger partial charge in [0.2, 0.25) is 0 Å². The minimum Gasteiger partial charge on any atom is -0.360 e. The van der Waals surface area contributed by atoms with E-state index in [-0.39, 0.29) is 17.6 Å². The Bertz CT molecular complexity index is 1110. The van der Waals surface area contributed by atoms with Crippen LogP contribution >= 0.6 is 0 Å². The second kappa shape index (κ2) is 8.89. The topological polar surface area (TPSA) is 98.2 Å². The molecule has 9 heteroatoms. The highest BCUT2D eigenvalue weighted by Gasteiger charge is 2.26. The molecule has 3 heterocycles. The molecular weight excluding hydrogens is 396 g/mol. The van der Waals surface area contributed by atoms with Crippen LogP contribution in [0.25, 0.3) is 11.3 Å². The van der Waals surface area contributed by atoms with E-state index in [9.17, 15) is 9.59 Å². The lowest BCUT2D eigenvalue weighted by molar-refractivity contribution is 0.0932. The molecular formula is C22H28N6O3. The van der Waals surface area contributed by atoms with Gasteiger partial charge in [-0.3, -0.25) is 9.36 Å². The van der Waals surface area contributed by atoms with E-state index >= 15 is 0 Å². The number of rotatable bonds is 6. The van der Waals surface area contributed by atoms with Gasteiger partial charge in [0, 0.05) is 31.1 Å². The molecule has 1 aromatic carbocycles. The molecule has 0 saturated heterocycles. The van der Waals surface area contributed by atoms with Gasteiger partial charge in [-0.05, 0) is 33.9 Å². The fourth-order valence-corrected chi connectivity index (χ4v) is 3.90. The van der Waals surface area contributed by atoms with E-state index in [1.54, 1.807) is 16.2 Å². The van der Waals surface area contributed by atoms with E-state index in [4.69, 9.17) is 4.52 Å². The lowest BCUT2D eigenvalue weighted by Gasteiger charge is -2.16. The number of nitrogens with zero attached hydrogens (tertiary/aromatic N) is 5. The third-order valence-corrected chi connectivity index (χ3v) is 5.65. The van der Waals surface area contributed by atoms with Crippen molar-refractivity contribution in [1.29, 1.82) is 0 Å². The SMILES string of the molecule is Cc1onc(-c2ccccc2)c1C(=O)NC1CCc2nn(CCN(C)C)c(=O)n2CC1. The van der Waals surface area contributed by atoms with Crippen LogP contribution in [0.5, 0.6) is 0 Å². The predicted molar refractivity (Wildman–Crippen MR) is 116 cm³/mol. The number of hydrogen-bond acceptors (Lipinski definition) is 6. The van der Waals surface area contributed by atoms with Gasteiger partial charge in [0.25, 0.3) is 5.91 Å².